The summed E-state index contributed by atoms with van der Waals surface area (Å²) >= 11 is 0. The van der Waals surface area contributed by atoms with Crippen molar-refractivity contribution in [2.75, 3.05) is 6.54 Å². The van der Waals surface area contributed by atoms with Crippen LogP contribution in [0.4, 0.5) is 4.39 Å². The molecule has 23 heavy (non-hydrogen) atoms. The SMILES string of the molecule is O=C(NCCc1cc(-c2ccccc2)on1)c1cccc(F)c1. The van der Waals surface area contributed by atoms with E-state index in [1.165, 1.54) is 18.2 Å². The van der Waals surface area contributed by atoms with Crippen molar-refractivity contribution >= 4 is 5.91 Å². The Morgan fingerprint density at radius 1 is 1.09 bits per heavy atom. The number of amides is 1. The molecule has 2 aromatic carbocycles. The predicted molar refractivity (Wildman–Crippen MR) is 84.4 cm³/mol. The fraction of sp³-hybridized carbons (Fsp3) is 0.111. The largest absolute Gasteiger partial charge is 0.356 e. The molecule has 1 amide bonds. The van der Waals surface area contributed by atoms with Crippen LogP contribution < -0.4 is 5.32 Å². The summed E-state index contributed by atoms with van der Waals surface area (Å²) in [7, 11) is 0. The first-order chi connectivity index (χ1) is 11.2. The van der Waals surface area contributed by atoms with Gasteiger partial charge in [0.2, 0.25) is 0 Å². The van der Waals surface area contributed by atoms with Crippen LogP contribution >= 0.6 is 0 Å². The highest BCUT2D eigenvalue weighted by molar-refractivity contribution is 5.94. The zero-order valence-corrected chi connectivity index (χ0v) is 12.3. The molecule has 0 spiro atoms. The van der Waals surface area contributed by atoms with Crippen LogP contribution in [0.25, 0.3) is 11.3 Å². The van der Waals surface area contributed by atoms with E-state index in [0.29, 0.717) is 24.3 Å². The minimum Gasteiger partial charge on any atom is -0.356 e. The number of nitrogens with one attached hydrogen (secondary N) is 1. The molecule has 3 rings (SSSR count). The molecule has 1 aromatic heterocycles. The first kappa shape index (κ1) is 15.0. The summed E-state index contributed by atoms with van der Waals surface area (Å²) < 4.78 is 18.4. The van der Waals surface area contributed by atoms with Crippen LogP contribution in [-0.2, 0) is 6.42 Å². The Morgan fingerprint density at radius 2 is 1.91 bits per heavy atom. The van der Waals surface area contributed by atoms with Gasteiger partial charge in [-0.05, 0) is 18.2 Å². The number of hydrogen-bond acceptors (Lipinski definition) is 3. The molecule has 0 saturated carbocycles. The van der Waals surface area contributed by atoms with Crippen molar-refractivity contribution < 1.29 is 13.7 Å². The van der Waals surface area contributed by atoms with Crippen molar-refractivity contribution in [1.82, 2.24) is 10.5 Å². The van der Waals surface area contributed by atoms with Gasteiger partial charge in [0.15, 0.2) is 5.76 Å². The van der Waals surface area contributed by atoms with Crippen LogP contribution in [0.1, 0.15) is 16.1 Å². The number of hydrogen-bond donors (Lipinski definition) is 1. The maximum atomic E-state index is 13.1. The minimum absolute atomic E-state index is 0.301. The lowest BCUT2D eigenvalue weighted by atomic mass is 10.1. The normalized spacial score (nSPS) is 10.5. The second-order valence-corrected chi connectivity index (χ2v) is 5.06. The number of carbonyl (C=O) groups excluding carboxylic acids is 1. The van der Waals surface area contributed by atoms with E-state index in [4.69, 9.17) is 4.52 Å². The first-order valence-electron chi connectivity index (χ1n) is 7.27. The maximum Gasteiger partial charge on any atom is 0.251 e. The highest BCUT2D eigenvalue weighted by Gasteiger charge is 2.08. The third-order valence-corrected chi connectivity index (χ3v) is 3.37. The molecule has 4 nitrogen and oxygen atoms in total. The van der Waals surface area contributed by atoms with E-state index in [2.05, 4.69) is 10.5 Å². The predicted octanol–water partition coefficient (Wildman–Crippen LogP) is 3.45. The highest BCUT2D eigenvalue weighted by Crippen LogP contribution is 2.19. The summed E-state index contributed by atoms with van der Waals surface area (Å²) in [5, 5.41) is 6.73. The summed E-state index contributed by atoms with van der Waals surface area (Å²) in [6.07, 6.45) is 0.539. The Morgan fingerprint density at radius 3 is 2.70 bits per heavy atom. The Labute approximate surface area is 132 Å². The lowest BCUT2D eigenvalue weighted by Crippen LogP contribution is -2.25. The van der Waals surface area contributed by atoms with Gasteiger partial charge in [0.1, 0.15) is 5.82 Å². The Balaban J connectivity index is 1.55. The van der Waals surface area contributed by atoms with Crippen molar-refractivity contribution in [2.24, 2.45) is 0 Å². The smallest absolute Gasteiger partial charge is 0.251 e. The summed E-state index contributed by atoms with van der Waals surface area (Å²) in [5.74, 6) is -0.0463. The van der Waals surface area contributed by atoms with E-state index in [0.717, 1.165) is 11.3 Å². The van der Waals surface area contributed by atoms with Crippen molar-refractivity contribution in [2.45, 2.75) is 6.42 Å². The minimum atomic E-state index is -0.429. The van der Waals surface area contributed by atoms with Gasteiger partial charge in [0.05, 0.1) is 5.69 Å². The van der Waals surface area contributed by atoms with Gasteiger partial charge in [0, 0.05) is 30.2 Å². The molecule has 0 aliphatic rings. The zero-order chi connectivity index (χ0) is 16.1. The van der Waals surface area contributed by atoms with Crippen LogP contribution in [0.2, 0.25) is 0 Å². The van der Waals surface area contributed by atoms with Crippen LogP contribution in [0.15, 0.2) is 65.2 Å². The third kappa shape index (κ3) is 3.83. The molecule has 0 bridgehead atoms. The quantitative estimate of drug-likeness (QED) is 0.785. The van der Waals surface area contributed by atoms with Gasteiger partial charge in [-0.25, -0.2) is 4.39 Å². The maximum absolute atomic E-state index is 13.1. The van der Waals surface area contributed by atoms with E-state index in [-0.39, 0.29) is 5.91 Å². The highest BCUT2D eigenvalue weighted by atomic mass is 19.1. The Bertz CT molecular complexity index is 800. The monoisotopic (exact) mass is 310 g/mol. The molecule has 0 radical (unpaired) electrons. The number of carbonyl (C=O) groups is 1. The van der Waals surface area contributed by atoms with Gasteiger partial charge in [-0.15, -0.1) is 0 Å². The van der Waals surface area contributed by atoms with Gasteiger partial charge in [-0.2, -0.15) is 0 Å². The van der Waals surface area contributed by atoms with E-state index in [1.54, 1.807) is 6.07 Å². The van der Waals surface area contributed by atoms with Gasteiger partial charge < -0.3 is 9.84 Å². The average Bonchev–Trinajstić information content (AvgIpc) is 3.04. The number of halogens is 1. The van der Waals surface area contributed by atoms with Gasteiger partial charge in [-0.3, -0.25) is 4.79 Å². The van der Waals surface area contributed by atoms with Crippen LogP contribution in [-0.4, -0.2) is 17.6 Å². The fourth-order valence-corrected chi connectivity index (χ4v) is 2.20. The van der Waals surface area contributed by atoms with Crippen LogP contribution in [0.5, 0.6) is 0 Å². The van der Waals surface area contributed by atoms with E-state index < -0.39 is 5.82 Å². The molecule has 0 unspecified atom stereocenters. The molecule has 3 aromatic rings. The van der Waals surface area contributed by atoms with Crippen LogP contribution in [0, 0.1) is 5.82 Å². The van der Waals surface area contributed by atoms with Crippen molar-refractivity contribution in [3.05, 3.63) is 77.7 Å². The van der Waals surface area contributed by atoms with Crippen molar-refractivity contribution in [3.63, 3.8) is 0 Å². The number of rotatable bonds is 5. The molecule has 0 saturated heterocycles. The molecule has 0 aliphatic carbocycles. The standard InChI is InChI=1S/C18H15FN2O2/c19-15-8-4-7-14(11-15)18(22)20-10-9-16-12-17(23-21-16)13-5-2-1-3-6-13/h1-8,11-12H,9-10H2,(H,20,22). The Kier molecular flexibility index (Phi) is 4.47. The molecule has 116 valence electrons. The average molecular weight is 310 g/mol. The second-order valence-electron chi connectivity index (χ2n) is 5.06. The van der Waals surface area contributed by atoms with Crippen molar-refractivity contribution in [1.29, 1.82) is 0 Å². The lowest BCUT2D eigenvalue weighted by Gasteiger charge is -2.03. The second kappa shape index (κ2) is 6.87. The summed E-state index contributed by atoms with van der Waals surface area (Å²) in [4.78, 5) is 11.9. The molecule has 1 N–H and O–H groups in total. The van der Waals surface area contributed by atoms with Gasteiger partial charge in [-0.1, -0.05) is 41.6 Å². The summed E-state index contributed by atoms with van der Waals surface area (Å²) in [6, 6.07) is 17.1. The molecule has 0 aliphatic heterocycles. The Hall–Kier alpha value is -2.95. The topological polar surface area (TPSA) is 55.1 Å². The van der Waals surface area contributed by atoms with Crippen LogP contribution in [0.3, 0.4) is 0 Å². The van der Waals surface area contributed by atoms with Gasteiger partial charge >= 0.3 is 0 Å². The first-order valence-corrected chi connectivity index (χ1v) is 7.27. The lowest BCUT2D eigenvalue weighted by molar-refractivity contribution is 0.0953. The molecule has 5 heteroatoms. The van der Waals surface area contributed by atoms with E-state index >= 15 is 0 Å². The zero-order valence-electron chi connectivity index (χ0n) is 12.3. The van der Waals surface area contributed by atoms with Crippen molar-refractivity contribution in [3.8, 4) is 11.3 Å². The molecular formula is C18H15FN2O2. The number of benzene rings is 2. The molecule has 0 fully saturated rings. The summed E-state index contributed by atoms with van der Waals surface area (Å²) in [6.45, 7) is 0.399. The van der Waals surface area contributed by atoms with E-state index in [9.17, 15) is 9.18 Å². The fourth-order valence-electron chi connectivity index (χ4n) is 2.20. The summed E-state index contributed by atoms with van der Waals surface area (Å²) in [5.41, 5.74) is 2.01. The molecule has 1 heterocycles. The number of nitrogens with zero attached hydrogens (tertiary/aromatic N) is 1. The molecular weight excluding hydrogens is 295 g/mol. The molecule has 0 atom stereocenters. The number of aromatic nitrogens is 1. The third-order valence-electron chi connectivity index (χ3n) is 3.37. The van der Waals surface area contributed by atoms with Gasteiger partial charge in [0.25, 0.3) is 5.91 Å². The van der Waals surface area contributed by atoms with E-state index in [1.807, 2.05) is 36.4 Å².